The average Bonchev–Trinajstić information content (AvgIpc) is 2.81. The van der Waals surface area contributed by atoms with E-state index in [1.807, 2.05) is 12.1 Å². The maximum Gasteiger partial charge on any atom is 0.272 e. The van der Waals surface area contributed by atoms with Gasteiger partial charge in [0.25, 0.3) is 5.91 Å². The molecule has 1 aromatic heterocycles. The minimum atomic E-state index is -3.16. The Morgan fingerprint density at radius 2 is 2.04 bits per heavy atom. The predicted octanol–water partition coefficient (Wildman–Crippen LogP) is 1.47. The first-order chi connectivity index (χ1) is 10.9. The fourth-order valence-corrected chi connectivity index (χ4v) is 4.18. The van der Waals surface area contributed by atoms with Crippen LogP contribution in [0.4, 0.5) is 0 Å². The summed E-state index contributed by atoms with van der Waals surface area (Å²) in [4.78, 5) is 12.4. The lowest BCUT2D eigenvalue weighted by atomic mass is 10.1. The smallest absolute Gasteiger partial charge is 0.272 e. The molecule has 2 aromatic rings. The second-order valence-corrected chi connectivity index (χ2v) is 8.17. The number of carbonyl (C=O) groups is 1. The first-order valence-electron chi connectivity index (χ1n) is 7.13. The van der Waals surface area contributed by atoms with E-state index in [0.29, 0.717) is 23.6 Å². The molecule has 6 nitrogen and oxygen atoms in total. The van der Waals surface area contributed by atoms with Crippen LogP contribution < -0.4 is 5.32 Å². The van der Waals surface area contributed by atoms with Crippen LogP contribution in [0.5, 0.6) is 0 Å². The zero-order valence-electron chi connectivity index (χ0n) is 12.5. The maximum atomic E-state index is 12.4. The molecule has 1 aliphatic rings. The second-order valence-electron chi connectivity index (χ2n) is 5.55. The normalized spacial score (nSPS) is 15.9. The van der Waals surface area contributed by atoms with Crippen LogP contribution in [0.15, 0.2) is 24.3 Å². The molecular weight excluding hydrogens is 338 g/mol. The summed E-state index contributed by atoms with van der Waals surface area (Å²) in [6.45, 7) is 0.327. The lowest BCUT2D eigenvalue weighted by Crippen LogP contribution is -2.26. The Labute approximate surface area is 139 Å². The second kappa shape index (κ2) is 5.98. The SMILES string of the molecule is Cn1nc(C(=O)NCc2ccc(Cl)cc2)c2c1CCS(=O)(=O)C2. The van der Waals surface area contributed by atoms with Gasteiger partial charge >= 0.3 is 0 Å². The molecule has 3 rings (SSSR count). The van der Waals surface area contributed by atoms with Gasteiger partial charge in [-0.15, -0.1) is 0 Å². The van der Waals surface area contributed by atoms with Gasteiger partial charge in [0.1, 0.15) is 0 Å². The van der Waals surface area contributed by atoms with E-state index in [1.54, 1.807) is 23.9 Å². The third-order valence-corrected chi connectivity index (χ3v) is 5.68. The van der Waals surface area contributed by atoms with Crippen LogP contribution in [-0.2, 0) is 35.6 Å². The molecule has 1 aromatic carbocycles. The van der Waals surface area contributed by atoms with Crippen molar-refractivity contribution in [1.82, 2.24) is 15.1 Å². The van der Waals surface area contributed by atoms with Crippen LogP contribution in [0, 0.1) is 0 Å². The van der Waals surface area contributed by atoms with Crippen LogP contribution in [0.1, 0.15) is 27.3 Å². The Kier molecular flexibility index (Phi) is 4.16. The molecule has 122 valence electrons. The summed E-state index contributed by atoms with van der Waals surface area (Å²) in [5, 5.41) is 7.60. The van der Waals surface area contributed by atoms with Crippen LogP contribution in [0.3, 0.4) is 0 Å². The molecule has 0 aliphatic carbocycles. The monoisotopic (exact) mass is 353 g/mol. The number of sulfone groups is 1. The van der Waals surface area contributed by atoms with Crippen molar-refractivity contribution < 1.29 is 13.2 Å². The Balaban J connectivity index is 1.79. The molecule has 0 saturated carbocycles. The summed E-state index contributed by atoms with van der Waals surface area (Å²) in [6.07, 6.45) is 0.394. The summed E-state index contributed by atoms with van der Waals surface area (Å²) in [5.41, 5.74) is 2.43. The number of aryl methyl sites for hydroxylation is 1. The van der Waals surface area contributed by atoms with Crippen molar-refractivity contribution in [3.8, 4) is 0 Å². The summed E-state index contributed by atoms with van der Waals surface area (Å²) in [6, 6.07) is 7.14. The summed E-state index contributed by atoms with van der Waals surface area (Å²) >= 11 is 5.82. The van der Waals surface area contributed by atoms with Gasteiger partial charge in [-0.25, -0.2) is 8.42 Å². The molecule has 0 radical (unpaired) electrons. The molecule has 1 aliphatic heterocycles. The van der Waals surface area contributed by atoms with E-state index in [9.17, 15) is 13.2 Å². The van der Waals surface area contributed by atoms with Gasteiger partial charge in [0.2, 0.25) is 0 Å². The number of carbonyl (C=O) groups excluding carboxylic acids is 1. The first kappa shape index (κ1) is 16.0. The zero-order chi connectivity index (χ0) is 16.6. The number of hydrogen-bond acceptors (Lipinski definition) is 4. The van der Waals surface area contributed by atoms with E-state index in [2.05, 4.69) is 10.4 Å². The molecule has 23 heavy (non-hydrogen) atoms. The maximum absolute atomic E-state index is 12.4. The van der Waals surface area contributed by atoms with Crippen LogP contribution in [0.2, 0.25) is 5.02 Å². The van der Waals surface area contributed by atoms with E-state index in [1.165, 1.54) is 0 Å². The van der Waals surface area contributed by atoms with Crippen molar-refractivity contribution in [1.29, 1.82) is 0 Å². The topological polar surface area (TPSA) is 81.1 Å². The highest BCUT2D eigenvalue weighted by molar-refractivity contribution is 7.90. The van der Waals surface area contributed by atoms with Gasteiger partial charge in [0, 0.05) is 36.3 Å². The number of rotatable bonds is 3. The van der Waals surface area contributed by atoms with Crippen molar-refractivity contribution in [3.05, 3.63) is 51.8 Å². The minimum absolute atomic E-state index is 0.103. The van der Waals surface area contributed by atoms with Crippen molar-refractivity contribution in [2.45, 2.75) is 18.7 Å². The van der Waals surface area contributed by atoms with Gasteiger partial charge in [-0.1, -0.05) is 23.7 Å². The van der Waals surface area contributed by atoms with Gasteiger partial charge in [0.05, 0.1) is 11.5 Å². The third-order valence-electron chi connectivity index (χ3n) is 3.87. The molecule has 0 spiro atoms. The van der Waals surface area contributed by atoms with Crippen molar-refractivity contribution in [2.24, 2.45) is 7.05 Å². The highest BCUT2D eigenvalue weighted by Gasteiger charge is 2.30. The Bertz CT molecular complexity index is 857. The number of hydrogen-bond donors (Lipinski definition) is 1. The van der Waals surface area contributed by atoms with E-state index in [4.69, 9.17) is 11.6 Å². The number of aromatic nitrogens is 2. The minimum Gasteiger partial charge on any atom is -0.347 e. The number of amides is 1. The largest absolute Gasteiger partial charge is 0.347 e. The number of fused-ring (bicyclic) bond motifs is 1. The molecule has 0 saturated heterocycles. The molecule has 0 bridgehead atoms. The van der Waals surface area contributed by atoms with Crippen LogP contribution >= 0.6 is 11.6 Å². The number of nitrogens with one attached hydrogen (secondary N) is 1. The Morgan fingerprint density at radius 3 is 2.74 bits per heavy atom. The quantitative estimate of drug-likeness (QED) is 0.906. The zero-order valence-corrected chi connectivity index (χ0v) is 14.1. The molecule has 0 atom stereocenters. The number of benzene rings is 1. The fraction of sp³-hybridized carbons (Fsp3) is 0.333. The first-order valence-corrected chi connectivity index (χ1v) is 9.33. The van der Waals surface area contributed by atoms with E-state index in [-0.39, 0.29) is 23.1 Å². The van der Waals surface area contributed by atoms with E-state index in [0.717, 1.165) is 11.3 Å². The van der Waals surface area contributed by atoms with Crippen molar-refractivity contribution >= 4 is 27.3 Å². The van der Waals surface area contributed by atoms with Gasteiger partial charge in [-0.2, -0.15) is 5.10 Å². The number of halogens is 1. The predicted molar refractivity (Wildman–Crippen MR) is 87.0 cm³/mol. The lowest BCUT2D eigenvalue weighted by molar-refractivity contribution is 0.0944. The summed E-state index contributed by atoms with van der Waals surface area (Å²) < 4.78 is 25.3. The Morgan fingerprint density at radius 1 is 1.35 bits per heavy atom. The Hall–Kier alpha value is -1.86. The molecule has 0 unspecified atom stereocenters. The van der Waals surface area contributed by atoms with E-state index >= 15 is 0 Å². The molecule has 1 amide bonds. The molecule has 8 heteroatoms. The molecular formula is C15H16ClN3O3S. The molecule has 2 heterocycles. The highest BCUT2D eigenvalue weighted by Crippen LogP contribution is 2.23. The standard InChI is InChI=1S/C15H16ClN3O3S/c1-19-13-6-7-23(21,22)9-12(13)14(18-19)15(20)17-8-10-2-4-11(16)5-3-10/h2-5H,6-9H2,1H3,(H,17,20). The van der Waals surface area contributed by atoms with Crippen molar-refractivity contribution in [3.63, 3.8) is 0 Å². The van der Waals surface area contributed by atoms with Gasteiger partial charge in [-0.05, 0) is 17.7 Å². The van der Waals surface area contributed by atoms with Gasteiger partial charge in [0.15, 0.2) is 15.5 Å². The number of nitrogens with zero attached hydrogens (tertiary/aromatic N) is 2. The molecule has 1 N–H and O–H groups in total. The molecule has 0 fully saturated rings. The third kappa shape index (κ3) is 3.40. The van der Waals surface area contributed by atoms with Gasteiger partial charge in [-0.3, -0.25) is 9.48 Å². The summed E-state index contributed by atoms with van der Waals surface area (Å²) in [7, 11) is -1.43. The van der Waals surface area contributed by atoms with Crippen molar-refractivity contribution in [2.75, 3.05) is 5.75 Å². The van der Waals surface area contributed by atoms with E-state index < -0.39 is 9.84 Å². The van der Waals surface area contributed by atoms with Crippen LogP contribution in [0.25, 0.3) is 0 Å². The highest BCUT2D eigenvalue weighted by atomic mass is 35.5. The average molecular weight is 354 g/mol. The fourth-order valence-electron chi connectivity index (χ4n) is 2.66. The summed E-state index contributed by atoms with van der Waals surface area (Å²) in [5.74, 6) is -0.389. The van der Waals surface area contributed by atoms with Gasteiger partial charge < -0.3 is 5.32 Å². The van der Waals surface area contributed by atoms with Crippen LogP contribution in [-0.4, -0.2) is 29.9 Å². The lowest BCUT2D eigenvalue weighted by Gasteiger charge is -2.13.